The largest absolute Gasteiger partial charge is 0.478 e. The maximum atomic E-state index is 9.25. The van der Waals surface area contributed by atoms with Crippen molar-refractivity contribution < 1.29 is 24.9 Å². The Morgan fingerprint density at radius 1 is 1.47 bits per heavy atom. The van der Waals surface area contributed by atoms with Crippen LogP contribution in [0.3, 0.4) is 0 Å². The predicted molar refractivity (Wildman–Crippen MR) is 56.2 cm³/mol. The van der Waals surface area contributed by atoms with Gasteiger partial charge in [0.15, 0.2) is 0 Å². The van der Waals surface area contributed by atoms with E-state index in [2.05, 4.69) is 18.2 Å². The number of hydrogen-bond donors (Lipinski definition) is 3. The Morgan fingerprint density at radius 2 is 1.93 bits per heavy atom. The molecule has 0 aromatic rings. The van der Waals surface area contributed by atoms with Crippen molar-refractivity contribution in [1.82, 2.24) is 0 Å². The van der Waals surface area contributed by atoms with E-state index in [1.54, 1.807) is 0 Å². The van der Waals surface area contributed by atoms with Gasteiger partial charge in [-0.1, -0.05) is 26.3 Å². The van der Waals surface area contributed by atoms with E-state index in [1.807, 2.05) is 0 Å². The first-order valence-corrected chi connectivity index (χ1v) is 4.74. The van der Waals surface area contributed by atoms with Gasteiger partial charge < -0.3 is 20.1 Å². The van der Waals surface area contributed by atoms with Crippen molar-refractivity contribution in [1.29, 1.82) is 0 Å². The Kier molecular flexibility index (Phi) is 10.6. The van der Waals surface area contributed by atoms with Crippen LogP contribution >= 0.6 is 0 Å². The Labute approximate surface area is 90.0 Å². The summed E-state index contributed by atoms with van der Waals surface area (Å²) in [6.07, 6.45) is 3.99. The second-order valence-electron chi connectivity index (χ2n) is 2.95. The average Bonchev–Trinajstić information content (AvgIpc) is 2.19. The minimum atomic E-state index is -1.91. The van der Waals surface area contributed by atoms with E-state index >= 15 is 0 Å². The molecular formula is C10H20O5. The molecule has 3 N–H and O–H groups in total. The molecule has 0 aromatic carbocycles. The van der Waals surface area contributed by atoms with E-state index in [0.29, 0.717) is 0 Å². The fourth-order valence-corrected chi connectivity index (χ4v) is 0.707. The molecule has 0 rings (SSSR count). The van der Waals surface area contributed by atoms with Crippen molar-refractivity contribution in [2.24, 2.45) is 0 Å². The van der Waals surface area contributed by atoms with Gasteiger partial charge in [0, 0.05) is 19.6 Å². The van der Waals surface area contributed by atoms with Crippen LogP contribution in [0.2, 0.25) is 0 Å². The van der Waals surface area contributed by atoms with Gasteiger partial charge in [-0.15, -0.1) is 0 Å². The molecule has 0 aliphatic carbocycles. The first-order valence-electron chi connectivity index (χ1n) is 4.74. The number of ether oxygens (including phenoxy) is 1. The fraction of sp³-hybridized carbons (Fsp3) is 0.700. The maximum Gasteiger partial charge on any atom is 0.327 e. The monoisotopic (exact) mass is 220 g/mol. The molecule has 0 aliphatic heterocycles. The molecule has 0 aliphatic rings. The topological polar surface area (TPSA) is 87.0 Å². The number of unbranched alkanes of at least 4 members (excludes halogenated alkanes) is 2. The predicted octanol–water partition coefficient (Wildman–Crippen LogP) is 1.11. The minimum absolute atomic E-state index is 0.289. The van der Waals surface area contributed by atoms with Crippen LogP contribution in [0.5, 0.6) is 0 Å². The van der Waals surface area contributed by atoms with E-state index < -0.39 is 11.9 Å². The third kappa shape index (κ3) is 15.8. The number of carboxylic acid groups (broad SMARTS) is 1. The zero-order chi connectivity index (χ0) is 12.3. The summed E-state index contributed by atoms with van der Waals surface area (Å²) in [5.74, 6) is -2.89. The molecule has 0 radical (unpaired) electrons. The van der Waals surface area contributed by atoms with Gasteiger partial charge in [0.1, 0.15) is 0 Å². The van der Waals surface area contributed by atoms with Crippen LogP contribution in [0, 0.1) is 0 Å². The molecule has 0 heterocycles. The summed E-state index contributed by atoms with van der Waals surface area (Å²) < 4.78 is 4.40. The van der Waals surface area contributed by atoms with Gasteiger partial charge in [-0.3, -0.25) is 0 Å². The summed E-state index contributed by atoms with van der Waals surface area (Å²) in [5, 5.41) is 25.4. The highest BCUT2D eigenvalue weighted by molar-refractivity contribution is 5.78. The molecule has 90 valence electrons. The fourth-order valence-electron chi connectivity index (χ4n) is 0.707. The second-order valence-corrected chi connectivity index (χ2v) is 2.95. The molecule has 5 heteroatoms. The molecule has 0 atom stereocenters. The molecule has 0 bridgehead atoms. The lowest BCUT2D eigenvalue weighted by atomic mass is 10.2. The Bertz CT molecular complexity index is 177. The van der Waals surface area contributed by atoms with Gasteiger partial charge in [-0.2, -0.15) is 0 Å². The number of aliphatic carboxylic acids is 1. The lowest BCUT2D eigenvalue weighted by Gasteiger charge is -2.18. The molecule has 0 aromatic heterocycles. The molecule has 15 heavy (non-hydrogen) atoms. The van der Waals surface area contributed by atoms with Gasteiger partial charge in [-0.05, 0) is 6.42 Å². The zero-order valence-electron chi connectivity index (χ0n) is 9.27. The number of rotatable bonds is 6. The normalized spacial score (nSPS) is 10.1. The number of aliphatic hydroxyl groups is 2. The van der Waals surface area contributed by atoms with E-state index in [1.165, 1.54) is 7.11 Å². The summed E-state index contributed by atoms with van der Waals surface area (Å²) in [5.41, 5.74) is 0. The third-order valence-corrected chi connectivity index (χ3v) is 1.61. The average molecular weight is 220 g/mol. The van der Waals surface area contributed by atoms with Gasteiger partial charge in [-0.25, -0.2) is 4.79 Å². The van der Waals surface area contributed by atoms with Gasteiger partial charge >= 0.3 is 5.97 Å². The smallest absolute Gasteiger partial charge is 0.327 e. The van der Waals surface area contributed by atoms with Crippen molar-refractivity contribution >= 4 is 5.97 Å². The number of hydrogen-bond acceptors (Lipinski definition) is 4. The summed E-state index contributed by atoms with van der Waals surface area (Å²) in [4.78, 5) is 9.25. The summed E-state index contributed by atoms with van der Waals surface area (Å²) in [7, 11) is 1.28. The highest BCUT2D eigenvalue weighted by Crippen LogP contribution is 2.11. The van der Waals surface area contributed by atoms with Gasteiger partial charge in [0.25, 0.3) is 5.97 Å². The first kappa shape index (κ1) is 16.5. The highest BCUT2D eigenvalue weighted by atomic mass is 16.8. The lowest BCUT2D eigenvalue weighted by molar-refractivity contribution is -0.329. The third-order valence-electron chi connectivity index (χ3n) is 1.61. The van der Waals surface area contributed by atoms with E-state index in [0.717, 1.165) is 25.3 Å². The number of carboxylic acids is 1. The second kappa shape index (κ2) is 9.64. The minimum Gasteiger partial charge on any atom is -0.478 e. The summed E-state index contributed by atoms with van der Waals surface area (Å²) >= 11 is 0. The Balaban J connectivity index is 0. The van der Waals surface area contributed by atoms with Crippen molar-refractivity contribution in [3.05, 3.63) is 12.7 Å². The lowest BCUT2D eigenvalue weighted by Crippen LogP contribution is -2.29. The molecule has 5 nitrogen and oxygen atoms in total. The molecule has 0 fully saturated rings. The molecule has 0 amide bonds. The molecular weight excluding hydrogens is 200 g/mol. The van der Waals surface area contributed by atoms with Crippen LogP contribution in [0.1, 0.15) is 32.6 Å². The molecule has 0 saturated carbocycles. The summed E-state index contributed by atoms with van der Waals surface area (Å²) in [6, 6.07) is 0. The molecule has 0 saturated heterocycles. The Morgan fingerprint density at radius 3 is 2.20 bits per heavy atom. The van der Waals surface area contributed by atoms with E-state index in [-0.39, 0.29) is 6.42 Å². The van der Waals surface area contributed by atoms with E-state index in [9.17, 15) is 4.79 Å². The molecule has 0 unspecified atom stereocenters. The van der Waals surface area contributed by atoms with E-state index in [4.69, 9.17) is 15.3 Å². The standard InChI is InChI=1S/C7H16O3.C3H4O2/c1-3-4-5-6-7(8,9)10-2;1-2-3(4)5/h8-9H,3-6H2,1-2H3;2H,1H2,(H,4,5). The SMILES string of the molecule is C=CC(=O)O.CCCCCC(O)(O)OC. The van der Waals surface area contributed by atoms with Crippen LogP contribution in [-0.4, -0.2) is 34.4 Å². The van der Waals surface area contributed by atoms with Crippen molar-refractivity contribution in [2.75, 3.05) is 7.11 Å². The Hall–Kier alpha value is -0.910. The van der Waals surface area contributed by atoms with Crippen molar-refractivity contribution in [3.8, 4) is 0 Å². The first-order chi connectivity index (χ1) is 6.89. The van der Waals surface area contributed by atoms with Gasteiger partial charge in [0.2, 0.25) is 0 Å². The van der Waals surface area contributed by atoms with Crippen molar-refractivity contribution in [3.63, 3.8) is 0 Å². The summed E-state index contributed by atoms with van der Waals surface area (Å²) in [6.45, 7) is 5.02. The number of methoxy groups -OCH3 is 1. The zero-order valence-corrected chi connectivity index (χ0v) is 9.27. The van der Waals surface area contributed by atoms with Crippen molar-refractivity contribution in [2.45, 2.75) is 38.6 Å². The van der Waals surface area contributed by atoms with Crippen LogP contribution in [-0.2, 0) is 9.53 Å². The maximum absolute atomic E-state index is 9.25. The van der Waals surface area contributed by atoms with Crippen LogP contribution in [0.15, 0.2) is 12.7 Å². The van der Waals surface area contributed by atoms with Crippen LogP contribution in [0.25, 0.3) is 0 Å². The van der Waals surface area contributed by atoms with Gasteiger partial charge in [0.05, 0.1) is 0 Å². The molecule has 0 spiro atoms. The number of carbonyl (C=O) groups is 1. The highest BCUT2D eigenvalue weighted by Gasteiger charge is 2.20. The van der Waals surface area contributed by atoms with Crippen LogP contribution in [0.4, 0.5) is 0 Å². The van der Waals surface area contributed by atoms with Crippen LogP contribution < -0.4 is 0 Å². The quantitative estimate of drug-likeness (QED) is 0.354.